The van der Waals surface area contributed by atoms with Gasteiger partial charge in [0.05, 0.1) is 0 Å². The second kappa shape index (κ2) is 4.41. The van der Waals surface area contributed by atoms with Crippen LogP contribution in [0.15, 0.2) is 18.2 Å². The number of hydrogen-bond donors (Lipinski definition) is 2. The lowest BCUT2D eigenvalue weighted by Crippen LogP contribution is -2.20. The van der Waals surface area contributed by atoms with Crippen molar-refractivity contribution in [1.29, 1.82) is 0 Å². The van der Waals surface area contributed by atoms with Gasteiger partial charge in [-0.3, -0.25) is 0 Å². The first kappa shape index (κ1) is 10.2. The van der Waals surface area contributed by atoms with Gasteiger partial charge in [-0.05, 0) is 46.4 Å². The van der Waals surface area contributed by atoms with E-state index in [1.54, 1.807) is 0 Å². The molecule has 4 N–H and O–H groups in total. The highest BCUT2D eigenvalue weighted by Gasteiger charge is 2.04. The molecule has 0 saturated heterocycles. The van der Waals surface area contributed by atoms with E-state index in [0.29, 0.717) is 11.6 Å². The summed E-state index contributed by atoms with van der Waals surface area (Å²) in [6, 6.07) is 5.61. The first-order chi connectivity index (χ1) is 5.63. The van der Waals surface area contributed by atoms with Crippen LogP contribution in [-0.4, -0.2) is 6.54 Å². The molecule has 0 amide bonds. The van der Waals surface area contributed by atoms with Crippen molar-refractivity contribution in [2.75, 3.05) is 6.54 Å². The van der Waals surface area contributed by atoms with Crippen molar-refractivity contribution in [3.63, 3.8) is 0 Å². The number of nitrogens with two attached hydrogens (primary N) is 2. The quantitative estimate of drug-likeness (QED) is 0.819. The Morgan fingerprint density at radius 2 is 2.08 bits per heavy atom. The molecule has 0 spiro atoms. The fraction of sp³-hybridized carbons (Fsp3) is 0.250. The summed E-state index contributed by atoms with van der Waals surface area (Å²) in [5.41, 5.74) is 12.2. The molecule has 4 heteroatoms. The maximum atomic E-state index is 5.85. The smallest absolute Gasteiger partial charge is 0.0420 e. The number of halogens is 2. The zero-order chi connectivity index (χ0) is 9.14. The minimum atomic E-state index is -0.114. The summed E-state index contributed by atoms with van der Waals surface area (Å²) in [6.07, 6.45) is 0. The Bertz CT molecular complexity index is 258. The maximum Gasteiger partial charge on any atom is 0.0420 e. The molecule has 0 aliphatic rings. The van der Waals surface area contributed by atoms with Crippen molar-refractivity contribution in [3.05, 3.63) is 32.4 Å². The maximum absolute atomic E-state index is 5.85. The highest BCUT2D eigenvalue weighted by molar-refractivity contribution is 14.1. The summed E-state index contributed by atoms with van der Waals surface area (Å²) in [5, 5.41) is 0.709. The third-order valence-corrected chi connectivity index (χ3v) is 2.41. The van der Waals surface area contributed by atoms with E-state index in [1.165, 1.54) is 0 Å². The van der Waals surface area contributed by atoms with Gasteiger partial charge in [0.15, 0.2) is 0 Å². The summed E-state index contributed by atoms with van der Waals surface area (Å²) in [7, 11) is 0. The zero-order valence-corrected chi connectivity index (χ0v) is 9.34. The van der Waals surface area contributed by atoms with Gasteiger partial charge >= 0.3 is 0 Å². The Labute approximate surface area is 90.4 Å². The van der Waals surface area contributed by atoms with Crippen LogP contribution in [0, 0.1) is 3.57 Å². The van der Waals surface area contributed by atoms with Gasteiger partial charge in [-0.25, -0.2) is 0 Å². The minimum Gasteiger partial charge on any atom is -0.329 e. The zero-order valence-electron chi connectivity index (χ0n) is 6.43. The lowest BCUT2D eigenvalue weighted by atomic mass is 10.1. The summed E-state index contributed by atoms with van der Waals surface area (Å²) in [5.74, 6) is 0. The second-order valence-electron chi connectivity index (χ2n) is 2.54. The number of benzene rings is 1. The van der Waals surface area contributed by atoms with Crippen molar-refractivity contribution >= 4 is 34.2 Å². The molecule has 1 atom stereocenters. The highest BCUT2D eigenvalue weighted by Crippen LogP contribution is 2.19. The van der Waals surface area contributed by atoms with Crippen molar-refractivity contribution in [2.24, 2.45) is 11.5 Å². The van der Waals surface area contributed by atoms with E-state index in [4.69, 9.17) is 23.1 Å². The molecular formula is C8H10ClIN2. The van der Waals surface area contributed by atoms with Gasteiger partial charge in [-0.2, -0.15) is 0 Å². The van der Waals surface area contributed by atoms with E-state index in [2.05, 4.69) is 22.6 Å². The first-order valence-corrected chi connectivity index (χ1v) is 5.01. The van der Waals surface area contributed by atoms with Crippen LogP contribution in [-0.2, 0) is 0 Å². The molecule has 0 aromatic heterocycles. The molecule has 0 aliphatic carbocycles. The molecule has 0 bridgehead atoms. The molecular weight excluding hydrogens is 286 g/mol. The van der Waals surface area contributed by atoms with Crippen molar-refractivity contribution in [3.8, 4) is 0 Å². The first-order valence-electron chi connectivity index (χ1n) is 3.55. The molecule has 0 fully saturated rings. The molecule has 2 nitrogen and oxygen atoms in total. The topological polar surface area (TPSA) is 52.0 Å². The Kier molecular flexibility index (Phi) is 3.77. The molecule has 0 heterocycles. The summed E-state index contributed by atoms with van der Waals surface area (Å²) in [6.45, 7) is 0.441. The van der Waals surface area contributed by atoms with Crippen LogP contribution in [0.25, 0.3) is 0 Å². The van der Waals surface area contributed by atoms with Gasteiger partial charge < -0.3 is 11.5 Å². The lowest BCUT2D eigenvalue weighted by Gasteiger charge is -2.09. The molecule has 0 aliphatic heterocycles. The molecule has 0 radical (unpaired) electrons. The van der Waals surface area contributed by atoms with Crippen LogP contribution in [0.1, 0.15) is 11.6 Å². The van der Waals surface area contributed by atoms with Crippen molar-refractivity contribution < 1.29 is 0 Å². The molecule has 0 saturated carbocycles. The Balaban J connectivity index is 3.00. The normalized spacial score (nSPS) is 13.0. The molecule has 0 unspecified atom stereocenters. The fourth-order valence-corrected chi connectivity index (χ4v) is 2.05. The molecule has 1 aromatic rings. The van der Waals surface area contributed by atoms with Crippen LogP contribution in [0.2, 0.25) is 5.02 Å². The average molecular weight is 297 g/mol. The van der Waals surface area contributed by atoms with Gasteiger partial charge in [0.1, 0.15) is 0 Å². The summed E-state index contributed by atoms with van der Waals surface area (Å²) >= 11 is 8.05. The summed E-state index contributed by atoms with van der Waals surface area (Å²) in [4.78, 5) is 0. The monoisotopic (exact) mass is 296 g/mol. The lowest BCUT2D eigenvalue weighted by molar-refractivity contribution is 0.736. The van der Waals surface area contributed by atoms with Gasteiger partial charge in [0, 0.05) is 21.2 Å². The van der Waals surface area contributed by atoms with E-state index in [9.17, 15) is 0 Å². The standard InChI is InChI=1S/C8H10ClIN2/c9-6-1-5(8(12)4-11)2-7(10)3-6/h1-3,8H,4,11-12H2/t8-/m1/s1. The van der Waals surface area contributed by atoms with E-state index in [1.807, 2.05) is 18.2 Å². The Morgan fingerprint density at radius 3 is 2.58 bits per heavy atom. The van der Waals surface area contributed by atoms with E-state index in [0.717, 1.165) is 9.13 Å². The fourth-order valence-electron chi connectivity index (χ4n) is 0.925. The third kappa shape index (κ3) is 2.58. The third-order valence-electron chi connectivity index (χ3n) is 1.57. The van der Waals surface area contributed by atoms with Gasteiger partial charge in [0.2, 0.25) is 0 Å². The minimum absolute atomic E-state index is 0.114. The SMILES string of the molecule is NC[C@@H](N)c1cc(Cl)cc(I)c1. The second-order valence-corrected chi connectivity index (χ2v) is 4.23. The van der Waals surface area contributed by atoms with Crippen LogP contribution >= 0.6 is 34.2 Å². The predicted octanol–water partition coefficient (Wildman–Crippen LogP) is 1.90. The van der Waals surface area contributed by atoms with Gasteiger partial charge in [-0.1, -0.05) is 11.6 Å². The molecule has 12 heavy (non-hydrogen) atoms. The van der Waals surface area contributed by atoms with Crippen LogP contribution in [0.4, 0.5) is 0 Å². The van der Waals surface area contributed by atoms with E-state index >= 15 is 0 Å². The van der Waals surface area contributed by atoms with Crippen molar-refractivity contribution in [1.82, 2.24) is 0 Å². The molecule has 1 rings (SSSR count). The Hall–Kier alpha value is 0.160. The van der Waals surface area contributed by atoms with Crippen LogP contribution in [0.3, 0.4) is 0 Å². The van der Waals surface area contributed by atoms with Gasteiger partial charge in [0.25, 0.3) is 0 Å². The molecule has 1 aromatic carbocycles. The summed E-state index contributed by atoms with van der Waals surface area (Å²) < 4.78 is 1.08. The van der Waals surface area contributed by atoms with E-state index in [-0.39, 0.29) is 6.04 Å². The number of rotatable bonds is 2. The highest BCUT2D eigenvalue weighted by atomic mass is 127. The predicted molar refractivity (Wildman–Crippen MR) is 60.2 cm³/mol. The van der Waals surface area contributed by atoms with Crippen molar-refractivity contribution in [2.45, 2.75) is 6.04 Å². The van der Waals surface area contributed by atoms with Crippen LogP contribution in [0.5, 0.6) is 0 Å². The Morgan fingerprint density at radius 1 is 1.42 bits per heavy atom. The average Bonchev–Trinajstić information content (AvgIpc) is 2.01. The largest absolute Gasteiger partial charge is 0.329 e. The van der Waals surface area contributed by atoms with E-state index < -0.39 is 0 Å². The number of hydrogen-bond acceptors (Lipinski definition) is 2. The molecule has 66 valence electrons. The van der Waals surface area contributed by atoms with Gasteiger partial charge in [-0.15, -0.1) is 0 Å². The van der Waals surface area contributed by atoms with Crippen LogP contribution < -0.4 is 11.5 Å².